The van der Waals surface area contributed by atoms with Crippen molar-refractivity contribution in [3.63, 3.8) is 0 Å². The highest BCUT2D eigenvalue weighted by molar-refractivity contribution is 6.09. The number of hydroxylamine groups is 2. The molecule has 1 saturated heterocycles. The molecule has 1 fully saturated rings. The lowest BCUT2D eigenvalue weighted by atomic mass is 9.62. The lowest BCUT2D eigenvalue weighted by Crippen LogP contribution is -2.54. The highest BCUT2D eigenvalue weighted by Gasteiger charge is 2.49. The smallest absolute Gasteiger partial charge is 0.352 e. The number of ketones is 1. The summed E-state index contributed by atoms with van der Waals surface area (Å²) in [6.45, 7) is 13.2. The first kappa shape index (κ1) is 50.9. The van der Waals surface area contributed by atoms with Gasteiger partial charge in [0.05, 0.1) is 27.8 Å². The van der Waals surface area contributed by atoms with E-state index in [1.807, 2.05) is 21.1 Å². The average molecular weight is 849 g/mol. The Morgan fingerprint density at radius 2 is 1.26 bits per heavy atom. The molecule has 0 spiro atoms. The third kappa shape index (κ3) is 14.8. The number of nitrogens with two attached hydrogens (primary N) is 1. The summed E-state index contributed by atoms with van der Waals surface area (Å²) in [4.78, 5) is 122. The summed E-state index contributed by atoms with van der Waals surface area (Å²) in [6, 6.07) is 14.7. The van der Waals surface area contributed by atoms with Gasteiger partial charge in [-0.15, -0.1) is 18.2 Å². The number of quaternary nitrogens is 1. The lowest BCUT2D eigenvalue weighted by molar-refractivity contribution is -0.872. The second-order valence-corrected chi connectivity index (χ2v) is 17.2. The van der Waals surface area contributed by atoms with Crippen molar-refractivity contribution in [3.05, 3.63) is 84.4 Å². The van der Waals surface area contributed by atoms with Crippen LogP contribution in [-0.2, 0) is 38.4 Å². The van der Waals surface area contributed by atoms with E-state index >= 15 is 0 Å². The fraction of sp³-hybridized carbons (Fsp3) is 0.477. The van der Waals surface area contributed by atoms with E-state index in [1.165, 1.54) is 31.2 Å². The normalized spacial score (nSPS) is 15.1. The minimum Gasteiger partial charge on any atom is -0.369 e. The molecular formula is C44H62N7O10+. The summed E-state index contributed by atoms with van der Waals surface area (Å²) >= 11 is 0. The van der Waals surface area contributed by atoms with Gasteiger partial charge < -0.3 is 36.3 Å². The Balaban J connectivity index is 0.00000631. The molecule has 2 aromatic carbocycles. The zero-order valence-electron chi connectivity index (χ0n) is 36.6. The number of imide groups is 1. The Labute approximate surface area is 357 Å². The molecule has 0 radical (unpaired) electrons. The van der Waals surface area contributed by atoms with E-state index in [0.717, 1.165) is 0 Å². The van der Waals surface area contributed by atoms with Crippen molar-refractivity contribution in [3.8, 4) is 0 Å². The summed E-state index contributed by atoms with van der Waals surface area (Å²) in [7, 11) is 5.65. The second kappa shape index (κ2) is 21.9. The first-order chi connectivity index (χ1) is 28.4. The van der Waals surface area contributed by atoms with Crippen LogP contribution in [0.25, 0.3) is 0 Å². The number of primary amides is 1. The summed E-state index contributed by atoms with van der Waals surface area (Å²) in [6.07, 6.45) is -0.520. The van der Waals surface area contributed by atoms with Crippen LogP contribution in [0.2, 0.25) is 0 Å². The molecule has 2 aromatic rings. The van der Waals surface area contributed by atoms with Crippen molar-refractivity contribution < 1.29 is 52.5 Å². The van der Waals surface area contributed by atoms with Crippen LogP contribution < -0.4 is 27.0 Å². The first-order valence-electron chi connectivity index (χ1n) is 19.9. The van der Waals surface area contributed by atoms with Crippen LogP contribution in [0.1, 0.15) is 99.4 Å². The maximum atomic E-state index is 14.2. The molecule has 0 aromatic heterocycles. The van der Waals surface area contributed by atoms with E-state index in [2.05, 4.69) is 34.4 Å². The SMILES string of the molecule is C=C.CCC(CC(C)(CC(C)(CC(C)(C)C(=O)NC[N+](C)(C)C)C(=O)NCC(=O)ON1C(=O)CCC1=O)C(=O)NCNC(=O)c1ccc(C(=O)c2ccccc2)cc1)C(N)=O. The van der Waals surface area contributed by atoms with Crippen molar-refractivity contribution >= 4 is 53.1 Å². The molecule has 0 saturated carbocycles. The molecule has 3 rings (SSSR count). The monoisotopic (exact) mass is 848 g/mol. The van der Waals surface area contributed by atoms with Gasteiger partial charge in [0.1, 0.15) is 6.54 Å². The minimum atomic E-state index is -1.60. The Morgan fingerprint density at radius 1 is 0.738 bits per heavy atom. The van der Waals surface area contributed by atoms with Crippen molar-refractivity contribution in [1.82, 2.24) is 26.3 Å². The highest BCUT2D eigenvalue weighted by Crippen LogP contribution is 2.46. The molecule has 7 amide bonds. The Bertz CT molecular complexity index is 1930. The van der Waals surface area contributed by atoms with Crippen LogP contribution in [0.4, 0.5) is 0 Å². The summed E-state index contributed by atoms with van der Waals surface area (Å²) < 4.78 is 0.406. The van der Waals surface area contributed by atoms with Crippen LogP contribution in [0, 0.1) is 22.2 Å². The van der Waals surface area contributed by atoms with Gasteiger partial charge in [-0.3, -0.25) is 38.4 Å². The number of amides is 7. The maximum absolute atomic E-state index is 14.2. The quantitative estimate of drug-likeness (QED) is 0.0405. The number of hydrogen-bond donors (Lipinski definition) is 5. The predicted octanol–water partition coefficient (Wildman–Crippen LogP) is 2.75. The third-order valence-electron chi connectivity index (χ3n) is 10.2. The minimum absolute atomic E-state index is 0.117. The summed E-state index contributed by atoms with van der Waals surface area (Å²) in [5.74, 6) is -6.53. The highest BCUT2D eigenvalue weighted by atomic mass is 16.7. The zero-order chi connectivity index (χ0) is 46.3. The second-order valence-electron chi connectivity index (χ2n) is 17.2. The van der Waals surface area contributed by atoms with Crippen molar-refractivity contribution in [2.45, 2.75) is 73.1 Å². The standard InChI is InChI=1S/C42H57N7O10.C2H4/c1-9-27(35(43)54)21-41(4,38(57)46-25-45-36(55)30-17-15-29(16-18-30)34(53)28-13-11-10-12-14-28)24-42(5,23-40(2,3)37(56)47-26-49(6,7)8)39(58)44-22-33(52)59-48-31(50)19-20-32(48)51;1-2/h10-18,27H,9,19-26H2,1-8H3,(H5-,43,44,45,46,47,54,55,56,57,58);1-2H2/p+1. The Morgan fingerprint density at radius 3 is 1.79 bits per heavy atom. The predicted molar refractivity (Wildman–Crippen MR) is 226 cm³/mol. The molecule has 3 atom stereocenters. The molecule has 17 heteroatoms. The fourth-order valence-electron chi connectivity index (χ4n) is 7.13. The van der Waals surface area contributed by atoms with Crippen LogP contribution in [0.15, 0.2) is 67.8 Å². The molecule has 332 valence electrons. The van der Waals surface area contributed by atoms with Crippen LogP contribution in [-0.4, -0.2) is 104 Å². The van der Waals surface area contributed by atoms with E-state index in [1.54, 1.807) is 58.0 Å². The van der Waals surface area contributed by atoms with Crippen molar-refractivity contribution in [2.75, 3.05) is 41.0 Å². The molecule has 0 aliphatic carbocycles. The van der Waals surface area contributed by atoms with Gasteiger partial charge in [-0.2, -0.15) is 0 Å². The number of rotatable bonds is 21. The molecule has 1 aliphatic heterocycles. The van der Waals surface area contributed by atoms with E-state index < -0.39 is 70.1 Å². The van der Waals surface area contributed by atoms with Gasteiger partial charge in [-0.25, -0.2) is 4.79 Å². The zero-order valence-corrected chi connectivity index (χ0v) is 36.6. The molecule has 6 N–H and O–H groups in total. The number of benzene rings is 2. The average Bonchev–Trinajstić information content (AvgIpc) is 3.53. The molecular weight excluding hydrogens is 787 g/mol. The van der Waals surface area contributed by atoms with E-state index in [0.29, 0.717) is 20.7 Å². The molecule has 17 nitrogen and oxygen atoms in total. The van der Waals surface area contributed by atoms with E-state index in [9.17, 15) is 43.2 Å². The van der Waals surface area contributed by atoms with Gasteiger partial charge in [0.2, 0.25) is 23.6 Å². The largest absolute Gasteiger partial charge is 0.369 e. The number of hydrogen-bond acceptors (Lipinski definition) is 10. The van der Waals surface area contributed by atoms with Gasteiger partial charge in [-0.1, -0.05) is 77.1 Å². The first-order valence-corrected chi connectivity index (χ1v) is 19.9. The molecule has 0 bridgehead atoms. The molecule has 1 aliphatic rings. The maximum Gasteiger partial charge on any atom is 0.352 e. The lowest BCUT2D eigenvalue weighted by Gasteiger charge is -2.42. The van der Waals surface area contributed by atoms with Crippen molar-refractivity contribution in [1.29, 1.82) is 0 Å². The van der Waals surface area contributed by atoms with Crippen LogP contribution in [0.3, 0.4) is 0 Å². The van der Waals surface area contributed by atoms with E-state index in [4.69, 9.17) is 10.6 Å². The van der Waals surface area contributed by atoms with Gasteiger partial charge >= 0.3 is 5.97 Å². The number of carbonyl (C=O) groups is 9. The third-order valence-corrected chi connectivity index (χ3v) is 10.2. The van der Waals surface area contributed by atoms with Crippen LogP contribution >= 0.6 is 0 Å². The number of nitrogens with one attached hydrogen (secondary N) is 4. The number of nitrogens with zero attached hydrogens (tertiary/aromatic N) is 2. The fourth-order valence-corrected chi connectivity index (χ4v) is 7.13. The summed E-state index contributed by atoms with van der Waals surface area (Å²) in [5, 5.41) is 11.1. The topological polar surface area (TPSA) is 240 Å². The molecule has 3 unspecified atom stereocenters. The van der Waals surface area contributed by atoms with Crippen LogP contribution in [0.5, 0.6) is 0 Å². The molecule has 1 heterocycles. The van der Waals surface area contributed by atoms with Gasteiger partial charge in [0.25, 0.3) is 17.7 Å². The molecule has 61 heavy (non-hydrogen) atoms. The summed E-state index contributed by atoms with van der Waals surface area (Å²) in [5.41, 5.74) is 2.48. The van der Waals surface area contributed by atoms with Gasteiger partial charge in [0, 0.05) is 51.7 Å². The van der Waals surface area contributed by atoms with Crippen molar-refractivity contribution in [2.24, 2.45) is 27.9 Å². The Kier molecular flexibility index (Phi) is 18.2. The van der Waals surface area contributed by atoms with E-state index in [-0.39, 0.29) is 69.1 Å². The number of carbonyl (C=O) groups excluding carboxylic acids is 9. The van der Waals surface area contributed by atoms with Gasteiger partial charge in [-0.05, 0) is 37.8 Å². The Hall–Kier alpha value is -6.23. The van der Waals surface area contributed by atoms with Gasteiger partial charge in [0.15, 0.2) is 12.5 Å².